The largest absolute Gasteiger partial charge is 0.484 e. The predicted molar refractivity (Wildman–Crippen MR) is 52.5 cm³/mol. The summed E-state index contributed by atoms with van der Waals surface area (Å²) in [6.07, 6.45) is 0. The molecular formula is C10H15NO2. The second-order valence-corrected chi connectivity index (χ2v) is 2.07. The molecule has 0 aromatic heterocycles. The van der Waals surface area contributed by atoms with Gasteiger partial charge in [-0.3, -0.25) is 4.79 Å². The summed E-state index contributed by atoms with van der Waals surface area (Å²) in [5.41, 5.74) is 4.88. The van der Waals surface area contributed by atoms with E-state index in [2.05, 4.69) is 0 Å². The molecule has 0 aliphatic heterocycles. The molecule has 0 aliphatic carbocycles. The van der Waals surface area contributed by atoms with Gasteiger partial charge in [0.05, 0.1) is 0 Å². The van der Waals surface area contributed by atoms with Crippen LogP contribution in [0.1, 0.15) is 13.8 Å². The molecule has 0 heterocycles. The van der Waals surface area contributed by atoms with Crippen LogP contribution in [0, 0.1) is 0 Å². The zero-order valence-corrected chi connectivity index (χ0v) is 7.99. The third-order valence-electron chi connectivity index (χ3n) is 1.12. The van der Waals surface area contributed by atoms with Crippen LogP contribution in [0.3, 0.4) is 0 Å². The highest BCUT2D eigenvalue weighted by Gasteiger charge is 1.94. The topological polar surface area (TPSA) is 52.3 Å². The Balaban J connectivity index is 0.000000671. The van der Waals surface area contributed by atoms with Crippen LogP contribution < -0.4 is 10.5 Å². The van der Waals surface area contributed by atoms with Crippen molar-refractivity contribution in [3.05, 3.63) is 30.3 Å². The predicted octanol–water partition coefficient (Wildman–Crippen LogP) is 1.58. The van der Waals surface area contributed by atoms with Crippen molar-refractivity contribution >= 4 is 5.91 Å². The number of nitrogens with two attached hydrogens (primary N) is 1. The summed E-state index contributed by atoms with van der Waals surface area (Å²) in [5.74, 6) is 0.195. The van der Waals surface area contributed by atoms with E-state index in [4.69, 9.17) is 10.5 Å². The molecule has 72 valence electrons. The highest BCUT2D eigenvalue weighted by molar-refractivity contribution is 5.75. The first-order valence-electron chi connectivity index (χ1n) is 4.25. The van der Waals surface area contributed by atoms with Crippen LogP contribution in [-0.2, 0) is 4.79 Å². The Bertz CT molecular complexity index is 234. The second kappa shape index (κ2) is 7.16. The van der Waals surface area contributed by atoms with E-state index in [0.717, 1.165) is 0 Å². The van der Waals surface area contributed by atoms with Crippen molar-refractivity contribution < 1.29 is 9.53 Å². The molecule has 3 heteroatoms. The maximum Gasteiger partial charge on any atom is 0.255 e. The van der Waals surface area contributed by atoms with Gasteiger partial charge in [-0.15, -0.1) is 0 Å². The molecule has 13 heavy (non-hydrogen) atoms. The van der Waals surface area contributed by atoms with Crippen molar-refractivity contribution in [2.75, 3.05) is 6.61 Å². The lowest BCUT2D eigenvalue weighted by molar-refractivity contribution is -0.119. The smallest absolute Gasteiger partial charge is 0.255 e. The lowest BCUT2D eigenvalue weighted by Crippen LogP contribution is -2.19. The van der Waals surface area contributed by atoms with Crippen LogP contribution >= 0.6 is 0 Å². The van der Waals surface area contributed by atoms with E-state index >= 15 is 0 Å². The van der Waals surface area contributed by atoms with Gasteiger partial charge in [-0.25, -0.2) is 0 Å². The van der Waals surface area contributed by atoms with Gasteiger partial charge in [0.15, 0.2) is 6.61 Å². The molecule has 1 aromatic carbocycles. The van der Waals surface area contributed by atoms with Gasteiger partial charge >= 0.3 is 0 Å². The van der Waals surface area contributed by atoms with Crippen molar-refractivity contribution in [1.29, 1.82) is 0 Å². The van der Waals surface area contributed by atoms with Gasteiger partial charge in [-0.2, -0.15) is 0 Å². The average Bonchev–Trinajstić information content (AvgIpc) is 2.19. The Morgan fingerprint density at radius 1 is 1.31 bits per heavy atom. The van der Waals surface area contributed by atoms with Gasteiger partial charge < -0.3 is 10.5 Å². The third-order valence-corrected chi connectivity index (χ3v) is 1.12. The van der Waals surface area contributed by atoms with Crippen molar-refractivity contribution in [3.8, 4) is 5.75 Å². The van der Waals surface area contributed by atoms with E-state index in [-0.39, 0.29) is 6.61 Å². The minimum atomic E-state index is -0.464. The van der Waals surface area contributed by atoms with Gasteiger partial charge in [0.2, 0.25) is 0 Å². The first-order valence-corrected chi connectivity index (χ1v) is 4.25. The first kappa shape index (κ1) is 11.5. The van der Waals surface area contributed by atoms with Crippen LogP contribution in [0.2, 0.25) is 0 Å². The minimum absolute atomic E-state index is 0.0655. The van der Waals surface area contributed by atoms with Crippen LogP contribution in [0.15, 0.2) is 30.3 Å². The standard InChI is InChI=1S/C8H9NO2.C2H6/c9-8(10)6-11-7-4-2-1-3-5-7;1-2/h1-5H,6H2,(H2,9,10);1-2H3. The Morgan fingerprint density at radius 3 is 2.31 bits per heavy atom. The number of carbonyl (C=O) groups is 1. The maximum absolute atomic E-state index is 10.3. The summed E-state index contributed by atoms with van der Waals surface area (Å²) >= 11 is 0. The number of hydrogen-bond acceptors (Lipinski definition) is 2. The van der Waals surface area contributed by atoms with Gasteiger partial charge in [0, 0.05) is 0 Å². The molecule has 0 bridgehead atoms. The molecule has 0 saturated carbocycles. The van der Waals surface area contributed by atoms with E-state index in [0.29, 0.717) is 5.75 Å². The molecule has 0 spiro atoms. The number of amides is 1. The van der Waals surface area contributed by atoms with E-state index < -0.39 is 5.91 Å². The van der Waals surface area contributed by atoms with E-state index in [1.54, 1.807) is 12.1 Å². The Morgan fingerprint density at radius 2 is 1.85 bits per heavy atom. The fourth-order valence-corrected chi connectivity index (χ4v) is 0.671. The van der Waals surface area contributed by atoms with Crippen molar-refractivity contribution in [1.82, 2.24) is 0 Å². The molecule has 3 nitrogen and oxygen atoms in total. The fraction of sp³-hybridized carbons (Fsp3) is 0.300. The number of primary amides is 1. The van der Waals surface area contributed by atoms with Crippen LogP contribution in [0.4, 0.5) is 0 Å². The summed E-state index contributed by atoms with van der Waals surface area (Å²) in [7, 11) is 0. The van der Waals surface area contributed by atoms with Gasteiger partial charge in [0.25, 0.3) is 5.91 Å². The second-order valence-electron chi connectivity index (χ2n) is 2.07. The number of para-hydroxylation sites is 1. The first-order chi connectivity index (χ1) is 6.29. The quantitative estimate of drug-likeness (QED) is 0.769. The van der Waals surface area contributed by atoms with Crippen molar-refractivity contribution in [2.45, 2.75) is 13.8 Å². The third kappa shape index (κ3) is 5.73. The average molecular weight is 181 g/mol. The Labute approximate surface area is 78.5 Å². The molecule has 0 fully saturated rings. The van der Waals surface area contributed by atoms with Crippen molar-refractivity contribution in [2.24, 2.45) is 5.73 Å². The molecule has 1 aromatic rings. The van der Waals surface area contributed by atoms with E-state index in [1.807, 2.05) is 32.0 Å². The number of ether oxygens (including phenoxy) is 1. The molecule has 0 unspecified atom stereocenters. The van der Waals surface area contributed by atoms with Gasteiger partial charge in [-0.05, 0) is 12.1 Å². The SMILES string of the molecule is CC.NC(=O)COc1ccccc1. The molecule has 0 aliphatic rings. The van der Waals surface area contributed by atoms with Crippen molar-refractivity contribution in [3.63, 3.8) is 0 Å². The lowest BCUT2D eigenvalue weighted by atomic mass is 10.3. The van der Waals surface area contributed by atoms with E-state index in [1.165, 1.54) is 0 Å². The molecule has 1 rings (SSSR count). The molecule has 0 saturated heterocycles. The fourth-order valence-electron chi connectivity index (χ4n) is 0.671. The lowest BCUT2D eigenvalue weighted by Gasteiger charge is -2.00. The van der Waals surface area contributed by atoms with Crippen LogP contribution in [-0.4, -0.2) is 12.5 Å². The Hall–Kier alpha value is -1.51. The molecule has 1 amide bonds. The normalized spacial score (nSPS) is 8.15. The molecule has 2 N–H and O–H groups in total. The summed E-state index contributed by atoms with van der Waals surface area (Å²) in [6, 6.07) is 9.07. The summed E-state index contributed by atoms with van der Waals surface area (Å²) in [6.45, 7) is 3.93. The van der Waals surface area contributed by atoms with E-state index in [9.17, 15) is 4.79 Å². The zero-order chi connectivity index (χ0) is 10.1. The monoisotopic (exact) mass is 181 g/mol. The zero-order valence-electron chi connectivity index (χ0n) is 7.99. The highest BCUT2D eigenvalue weighted by atomic mass is 16.5. The van der Waals surface area contributed by atoms with Gasteiger partial charge in [0.1, 0.15) is 5.75 Å². The minimum Gasteiger partial charge on any atom is -0.484 e. The van der Waals surface area contributed by atoms with Crippen LogP contribution in [0.25, 0.3) is 0 Å². The molecule has 0 radical (unpaired) electrons. The molecule has 0 atom stereocenters. The summed E-state index contributed by atoms with van der Waals surface area (Å²) in [5, 5.41) is 0. The summed E-state index contributed by atoms with van der Waals surface area (Å²) in [4.78, 5) is 10.3. The van der Waals surface area contributed by atoms with Gasteiger partial charge in [-0.1, -0.05) is 32.0 Å². The Kier molecular flexibility index (Phi) is 6.32. The number of hydrogen-bond donors (Lipinski definition) is 1. The maximum atomic E-state index is 10.3. The number of rotatable bonds is 3. The highest BCUT2D eigenvalue weighted by Crippen LogP contribution is 2.07. The summed E-state index contributed by atoms with van der Waals surface area (Å²) < 4.78 is 4.99. The number of carbonyl (C=O) groups excluding carboxylic acids is 1. The molecular weight excluding hydrogens is 166 g/mol. The van der Waals surface area contributed by atoms with Crippen LogP contribution in [0.5, 0.6) is 5.75 Å². The number of benzene rings is 1.